The molecule has 6 N–H and O–H groups in total. The second-order valence-corrected chi connectivity index (χ2v) is 6.46. The molecule has 11 heteroatoms. The number of rotatable bonds is 5. The minimum atomic E-state index is -1.59. The highest BCUT2D eigenvalue weighted by Crippen LogP contribution is 2.29. The molecule has 0 unspecified atom stereocenters. The van der Waals surface area contributed by atoms with E-state index in [2.05, 4.69) is 5.32 Å². The molecule has 2 aliphatic heterocycles. The third-order valence-electron chi connectivity index (χ3n) is 4.56. The number of aliphatic hydroxyl groups excluding tert-OH is 5. The van der Waals surface area contributed by atoms with Crippen LogP contribution in [0.1, 0.15) is 13.8 Å². The van der Waals surface area contributed by atoms with Crippen LogP contribution in [0.3, 0.4) is 0 Å². The predicted octanol–water partition coefficient (Wildman–Crippen LogP) is -3.57. The van der Waals surface area contributed by atoms with Crippen molar-refractivity contribution in [3.63, 3.8) is 0 Å². The summed E-state index contributed by atoms with van der Waals surface area (Å²) in [7, 11) is 1.32. The number of carbonyl (C=O) groups excluding carboxylic acids is 1. The first kappa shape index (κ1) is 21.4. The van der Waals surface area contributed by atoms with E-state index in [4.69, 9.17) is 18.9 Å². The van der Waals surface area contributed by atoms with Crippen LogP contribution in [0.25, 0.3) is 0 Å². The Labute approximate surface area is 150 Å². The third kappa shape index (κ3) is 4.32. The van der Waals surface area contributed by atoms with Crippen molar-refractivity contribution in [1.29, 1.82) is 0 Å². The van der Waals surface area contributed by atoms with Crippen molar-refractivity contribution in [2.24, 2.45) is 0 Å². The Morgan fingerprint density at radius 1 is 1.04 bits per heavy atom. The van der Waals surface area contributed by atoms with Gasteiger partial charge in [0.05, 0.1) is 12.7 Å². The molecule has 2 fully saturated rings. The lowest BCUT2D eigenvalue weighted by Crippen LogP contribution is -2.67. The van der Waals surface area contributed by atoms with Gasteiger partial charge >= 0.3 is 0 Å². The Balaban J connectivity index is 2.23. The van der Waals surface area contributed by atoms with Crippen molar-refractivity contribution in [3.8, 4) is 0 Å². The van der Waals surface area contributed by atoms with Gasteiger partial charge in [-0.1, -0.05) is 0 Å². The largest absolute Gasteiger partial charge is 0.394 e. The number of hydrogen-bond acceptors (Lipinski definition) is 10. The second kappa shape index (κ2) is 8.87. The monoisotopic (exact) mass is 381 g/mol. The number of hydrogen-bond donors (Lipinski definition) is 6. The smallest absolute Gasteiger partial charge is 0.217 e. The first-order chi connectivity index (χ1) is 12.2. The first-order valence-corrected chi connectivity index (χ1v) is 8.30. The number of amides is 1. The lowest BCUT2D eigenvalue weighted by molar-refractivity contribution is -0.339. The molecule has 0 aromatic carbocycles. The normalized spacial score (nSPS) is 46.8. The summed E-state index contributed by atoms with van der Waals surface area (Å²) in [6.07, 6.45) is -11.4. The maximum atomic E-state index is 11.5. The predicted molar refractivity (Wildman–Crippen MR) is 83.6 cm³/mol. The Kier molecular flexibility index (Phi) is 7.30. The number of ether oxygens (including phenoxy) is 4. The molecule has 0 spiro atoms. The van der Waals surface area contributed by atoms with E-state index in [1.54, 1.807) is 0 Å². The van der Waals surface area contributed by atoms with Crippen molar-refractivity contribution in [3.05, 3.63) is 0 Å². The van der Waals surface area contributed by atoms with E-state index < -0.39 is 73.9 Å². The maximum Gasteiger partial charge on any atom is 0.217 e. The average Bonchev–Trinajstić information content (AvgIpc) is 2.60. The molecule has 152 valence electrons. The van der Waals surface area contributed by atoms with E-state index in [1.807, 2.05) is 0 Å². The highest BCUT2D eigenvalue weighted by atomic mass is 16.7. The summed E-state index contributed by atoms with van der Waals surface area (Å²) in [5.41, 5.74) is 0. The SMILES string of the molecule is CO[C@H]1O[C@H](CO)[C@@H](O)[C@H](O[C@@H]2O[C@@H](C)[C@@H](O)[C@@H](O)[C@@H]2O)[C@H]1NC(C)=O. The van der Waals surface area contributed by atoms with E-state index >= 15 is 0 Å². The molecular formula is C15H27NO10. The van der Waals surface area contributed by atoms with Crippen molar-refractivity contribution < 1.29 is 49.3 Å². The van der Waals surface area contributed by atoms with Gasteiger partial charge in [0.2, 0.25) is 5.91 Å². The molecule has 0 aliphatic carbocycles. The van der Waals surface area contributed by atoms with Gasteiger partial charge in [-0.2, -0.15) is 0 Å². The van der Waals surface area contributed by atoms with Crippen molar-refractivity contribution in [2.45, 2.75) is 75.2 Å². The number of carbonyl (C=O) groups is 1. The molecule has 11 nitrogen and oxygen atoms in total. The molecule has 2 rings (SSSR count). The Bertz CT molecular complexity index is 479. The van der Waals surface area contributed by atoms with Gasteiger partial charge in [0.25, 0.3) is 0 Å². The van der Waals surface area contributed by atoms with Crippen LogP contribution in [0.2, 0.25) is 0 Å². The van der Waals surface area contributed by atoms with Crippen LogP contribution in [-0.2, 0) is 23.7 Å². The zero-order valence-electron chi connectivity index (χ0n) is 14.8. The van der Waals surface area contributed by atoms with Gasteiger partial charge in [-0.25, -0.2) is 0 Å². The van der Waals surface area contributed by atoms with Crippen LogP contribution in [-0.4, -0.2) is 107 Å². The Morgan fingerprint density at radius 3 is 2.23 bits per heavy atom. The summed E-state index contributed by atoms with van der Waals surface area (Å²) in [6, 6.07) is -0.981. The molecule has 0 bridgehead atoms. The van der Waals surface area contributed by atoms with Crippen LogP contribution in [0.15, 0.2) is 0 Å². The van der Waals surface area contributed by atoms with Gasteiger partial charge in [-0.15, -0.1) is 0 Å². The summed E-state index contributed by atoms with van der Waals surface area (Å²) >= 11 is 0. The third-order valence-corrected chi connectivity index (χ3v) is 4.56. The average molecular weight is 381 g/mol. The Hall–Kier alpha value is -0.890. The summed E-state index contributed by atoms with van der Waals surface area (Å²) in [4.78, 5) is 11.5. The molecule has 0 saturated carbocycles. The summed E-state index contributed by atoms with van der Waals surface area (Å²) in [6.45, 7) is 2.19. The fourth-order valence-corrected chi connectivity index (χ4v) is 3.10. The van der Waals surface area contributed by atoms with Crippen molar-refractivity contribution in [2.75, 3.05) is 13.7 Å². The van der Waals surface area contributed by atoms with Crippen LogP contribution >= 0.6 is 0 Å². The van der Waals surface area contributed by atoms with Gasteiger partial charge < -0.3 is 49.8 Å². The fraction of sp³-hybridized carbons (Fsp3) is 0.933. The van der Waals surface area contributed by atoms with Gasteiger partial charge in [0.1, 0.15) is 42.7 Å². The first-order valence-electron chi connectivity index (χ1n) is 8.30. The fourth-order valence-electron chi connectivity index (χ4n) is 3.10. The van der Waals surface area contributed by atoms with E-state index in [1.165, 1.54) is 21.0 Å². The molecule has 2 aliphatic rings. The molecule has 2 heterocycles. The zero-order chi connectivity index (χ0) is 19.6. The standard InChI is InChI=1S/C15H27NO10/c1-5-9(19)11(21)12(22)15(24-5)26-13-8(16-6(2)18)14(23-3)25-7(4-17)10(13)20/h5,7-15,17,19-22H,4H2,1-3H3,(H,16,18)/t5-,7+,8+,9+,10+,11+,12-,13+,14-,15-/m0/s1. The topological polar surface area (TPSA) is 167 Å². The summed E-state index contributed by atoms with van der Waals surface area (Å²) in [5.74, 6) is -0.446. The van der Waals surface area contributed by atoms with Crippen LogP contribution in [0.5, 0.6) is 0 Å². The van der Waals surface area contributed by atoms with Gasteiger partial charge in [0.15, 0.2) is 12.6 Å². The Morgan fingerprint density at radius 2 is 1.69 bits per heavy atom. The van der Waals surface area contributed by atoms with Gasteiger partial charge in [-0.3, -0.25) is 4.79 Å². The zero-order valence-corrected chi connectivity index (χ0v) is 14.8. The molecule has 0 aromatic rings. The van der Waals surface area contributed by atoms with E-state index in [9.17, 15) is 30.3 Å². The lowest BCUT2D eigenvalue weighted by Gasteiger charge is -2.47. The summed E-state index contributed by atoms with van der Waals surface area (Å²) < 4.78 is 21.6. The van der Waals surface area contributed by atoms with Crippen molar-refractivity contribution >= 4 is 5.91 Å². The molecule has 2 saturated heterocycles. The maximum absolute atomic E-state index is 11.5. The molecule has 0 aromatic heterocycles. The summed E-state index contributed by atoms with van der Waals surface area (Å²) in [5, 5.41) is 52.2. The molecular weight excluding hydrogens is 354 g/mol. The van der Waals surface area contributed by atoms with Gasteiger partial charge in [-0.05, 0) is 6.92 Å². The number of methoxy groups -OCH3 is 1. The van der Waals surface area contributed by atoms with Crippen LogP contribution in [0, 0.1) is 0 Å². The van der Waals surface area contributed by atoms with Crippen LogP contribution < -0.4 is 5.32 Å². The van der Waals surface area contributed by atoms with E-state index in [-0.39, 0.29) is 0 Å². The minimum absolute atomic E-state index is 0.446. The molecule has 1 amide bonds. The minimum Gasteiger partial charge on any atom is -0.394 e. The lowest BCUT2D eigenvalue weighted by atomic mass is 9.95. The highest BCUT2D eigenvalue weighted by Gasteiger charge is 2.50. The van der Waals surface area contributed by atoms with Crippen LogP contribution in [0.4, 0.5) is 0 Å². The number of aliphatic hydroxyl groups is 5. The van der Waals surface area contributed by atoms with E-state index in [0.717, 1.165) is 0 Å². The molecule has 10 atom stereocenters. The van der Waals surface area contributed by atoms with Gasteiger partial charge in [0, 0.05) is 14.0 Å². The number of nitrogens with one attached hydrogen (secondary N) is 1. The second-order valence-electron chi connectivity index (χ2n) is 6.46. The highest BCUT2D eigenvalue weighted by molar-refractivity contribution is 5.73. The van der Waals surface area contributed by atoms with Crippen molar-refractivity contribution in [1.82, 2.24) is 5.32 Å². The molecule has 0 radical (unpaired) electrons. The van der Waals surface area contributed by atoms with E-state index in [0.29, 0.717) is 0 Å². The molecule has 26 heavy (non-hydrogen) atoms. The quantitative estimate of drug-likeness (QED) is 0.280.